The molecule has 0 unspecified atom stereocenters. The second kappa shape index (κ2) is 5.62. The Labute approximate surface area is 128 Å². The third kappa shape index (κ3) is 2.78. The van der Waals surface area contributed by atoms with Crippen LogP contribution in [0.25, 0.3) is 22.0 Å². The van der Waals surface area contributed by atoms with Crippen LogP contribution in [0.3, 0.4) is 0 Å². The Bertz CT molecular complexity index is 782. The molecule has 3 nitrogen and oxygen atoms in total. The predicted octanol–water partition coefficient (Wildman–Crippen LogP) is 4.57. The molecule has 0 saturated carbocycles. The summed E-state index contributed by atoms with van der Waals surface area (Å²) in [5, 5.41) is 5.01. The van der Waals surface area contributed by atoms with Crippen molar-refractivity contribution in [2.24, 2.45) is 0 Å². The molecule has 0 atom stereocenters. The van der Waals surface area contributed by atoms with E-state index in [1.165, 1.54) is 0 Å². The van der Waals surface area contributed by atoms with E-state index in [0.29, 0.717) is 5.02 Å². The van der Waals surface area contributed by atoms with Crippen molar-refractivity contribution in [3.63, 3.8) is 0 Å². The maximum absolute atomic E-state index is 6.14. The lowest BCUT2D eigenvalue weighted by Crippen LogP contribution is -2.00. The lowest BCUT2D eigenvalue weighted by Gasteiger charge is -2.11. The second-order valence-electron chi connectivity index (χ2n) is 4.87. The fraction of sp³-hybridized carbons (Fsp3) is 0.118. The monoisotopic (exact) mass is 297 g/mol. The molecule has 0 bridgehead atoms. The van der Waals surface area contributed by atoms with Gasteiger partial charge in [-0.15, -0.1) is 0 Å². The van der Waals surface area contributed by atoms with Crippen molar-refractivity contribution in [1.82, 2.24) is 4.98 Å². The van der Waals surface area contributed by atoms with Gasteiger partial charge in [-0.3, -0.25) is 0 Å². The van der Waals surface area contributed by atoms with Gasteiger partial charge in [-0.25, -0.2) is 4.98 Å². The molecule has 0 radical (unpaired) electrons. The van der Waals surface area contributed by atoms with E-state index in [4.69, 9.17) is 17.3 Å². The standard InChI is InChI=1S/C17H16ClN3/c1-2-20-17-10-14(11-3-6-13(19)7-4-11)15-9-12(18)5-8-16(15)21-17/h3-10H,2,19H2,1H3,(H,20,21). The van der Waals surface area contributed by atoms with Crippen LogP contribution >= 0.6 is 11.6 Å². The summed E-state index contributed by atoms with van der Waals surface area (Å²) in [6, 6.07) is 15.6. The maximum Gasteiger partial charge on any atom is 0.127 e. The highest BCUT2D eigenvalue weighted by Crippen LogP contribution is 2.32. The molecule has 4 heteroatoms. The van der Waals surface area contributed by atoms with E-state index in [1.807, 2.05) is 48.5 Å². The minimum absolute atomic E-state index is 0.706. The molecule has 0 spiro atoms. The van der Waals surface area contributed by atoms with Gasteiger partial charge in [-0.2, -0.15) is 0 Å². The molecule has 0 fully saturated rings. The van der Waals surface area contributed by atoms with Gasteiger partial charge in [0.25, 0.3) is 0 Å². The number of hydrogen-bond donors (Lipinski definition) is 2. The smallest absolute Gasteiger partial charge is 0.127 e. The van der Waals surface area contributed by atoms with Crippen molar-refractivity contribution in [2.45, 2.75) is 6.92 Å². The molecule has 0 saturated heterocycles. The van der Waals surface area contributed by atoms with Gasteiger partial charge in [0.05, 0.1) is 5.52 Å². The van der Waals surface area contributed by atoms with Crippen LogP contribution < -0.4 is 11.1 Å². The highest BCUT2D eigenvalue weighted by atomic mass is 35.5. The summed E-state index contributed by atoms with van der Waals surface area (Å²) in [6.07, 6.45) is 0. The van der Waals surface area contributed by atoms with E-state index < -0.39 is 0 Å². The summed E-state index contributed by atoms with van der Waals surface area (Å²) >= 11 is 6.14. The number of nitrogens with zero attached hydrogens (tertiary/aromatic N) is 1. The number of fused-ring (bicyclic) bond motifs is 1. The van der Waals surface area contributed by atoms with Crippen LogP contribution in [0.1, 0.15) is 6.92 Å². The minimum atomic E-state index is 0.706. The first-order chi connectivity index (χ1) is 10.2. The number of nitrogen functional groups attached to an aromatic ring is 1. The van der Waals surface area contributed by atoms with Crippen LogP contribution in [0.2, 0.25) is 5.02 Å². The average molecular weight is 298 g/mol. The Morgan fingerprint density at radius 2 is 1.86 bits per heavy atom. The summed E-state index contributed by atoms with van der Waals surface area (Å²) in [5.41, 5.74) is 9.64. The van der Waals surface area contributed by atoms with Crippen LogP contribution in [0.4, 0.5) is 11.5 Å². The highest BCUT2D eigenvalue weighted by molar-refractivity contribution is 6.31. The van der Waals surface area contributed by atoms with E-state index in [9.17, 15) is 0 Å². The van der Waals surface area contributed by atoms with Gasteiger partial charge in [0.2, 0.25) is 0 Å². The van der Waals surface area contributed by atoms with E-state index in [-0.39, 0.29) is 0 Å². The Hall–Kier alpha value is -2.26. The number of halogens is 1. The van der Waals surface area contributed by atoms with E-state index >= 15 is 0 Å². The molecule has 3 rings (SSSR count). The average Bonchev–Trinajstić information content (AvgIpc) is 2.48. The van der Waals surface area contributed by atoms with Crippen molar-refractivity contribution < 1.29 is 0 Å². The molecule has 106 valence electrons. The van der Waals surface area contributed by atoms with Crippen LogP contribution in [0.5, 0.6) is 0 Å². The summed E-state index contributed by atoms with van der Waals surface area (Å²) in [6.45, 7) is 2.88. The molecule has 21 heavy (non-hydrogen) atoms. The first-order valence-electron chi connectivity index (χ1n) is 6.87. The van der Waals surface area contributed by atoms with Gasteiger partial charge in [-0.05, 0) is 54.4 Å². The molecule has 0 aliphatic carbocycles. The molecule has 3 N–H and O–H groups in total. The van der Waals surface area contributed by atoms with Crippen LogP contribution in [-0.2, 0) is 0 Å². The Morgan fingerprint density at radius 3 is 2.57 bits per heavy atom. The topological polar surface area (TPSA) is 50.9 Å². The van der Waals surface area contributed by atoms with Gasteiger partial charge in [0.1, 0.15) is 5.82 Å². The number of pyridine rings is 1. The van der Waals surface area contributed by atoms with Crippen LogP contribution in [-0.4, -0.2) is 11.5 Å². The number of aromatic nitrogens is 1. The van der Waals surface area contributed by atoms with Crippen molar-refractivity contribution in [2.75, 3.05) is 17.6 Å². The number of benzene rings is 2. The fourth-order valence-corrected chi connectivity index (χ4v) is 2.54. The Balaban J connectivity index is 2.26. The van der Waals surface area contributed by atoms with Gasteiger partial charge < -0.3 is 11.1 Å². The zero-order chi connectivity index (χ0) is 14.8. The molecule has 1 aromatic heterocycles. The summed E-state index contributed by atoms with van der Waals surface area (Å²) in [7, 11) is 0. The summed E-state index contributed by atoms with van der Waals surface area (Å²) in [5.74, 6) is 0.860. The number of rotatable bonds is 3. The number of nitrogens with one attached hydrogen (secondary N) is 1. The Morgan fingerprint density at radius 1 is 1.10 bits per heavy atom. The van der Waals surface area contributed by atoms with Crippen molar-refractivity contribution >= 4 is 34.0 Å². The lowest BCUT2D eigenvalue weighted by molar-refractivity contribution is 1.18. The van der Waals surface area contributed by atoms with Gasteiger partial charge >= 0.3 is 0 Å². The molecule has 0 aliphatic heterocycles. The number of anilines is 2. The first-order valence-corrected chi connectivity index (χ1v) is 7.25. The second-order valence-corrected chi connectivity index (χ2v) is 5.31. The van der Waals surface area contributed by atoms with Crippen LogP contribution in [0.15, 0.2) is 48.5 Å². The first kappa shape index (κ1) is 13.7. The van der Waals surface area contributed by atoms with Crippen molar-refractivity contribution in [1.29, 1.82) is 0 Å². The van der Waals surface area contributed by atoms with E-state index in [0.717, 1.165) is 40.1 Å². The van der Waals surface area contributed by atoms with Gasteiger partial charge in [-0.1, -0.05) is 23.7 Å². The van der Waals surface area contributed by atoms with Crippen LogP contribution in [0, 0.1) is 0 Å². The van der Waals surface area contributed by atoms with Gasteiger partial charge in [0, 0.05) is 22.6 Å². The lowest BCUT2D eigenvalue weighted by atomic mass is 10.0. The number of hydrogen-bond acceptors (Lipinski definition) is 3. The zero-order valence-electron chi connectivity index (χ0n) is 11.7. The summed E-state index contributed by atoms with van der Waals surface area (Å²) in [4.78, 5) is 4.62. The maximum atomic E-state index is 6.14. The molecule has 2 aromatic carbocycles. The molecule has 0 aliphatic rings. The van der Waals surface area contributed by atoms with E-state index in [1.54, 1.807) is 0 Å². The minimum Gasteiger partial charge on any atom is -0.399 e. The number of nitrogens with two attached hydrogens (primary N) is 1. The molecule has 0 amide bonds. The third-order valence-electron chi connectivity index (χ3n) is 3.35. The van der Waals surface area contributed by atoms with Crippen molar-refractivity contribution in [3.8, 4) is 11.1 Å². The third-order valence-corrected chi connectivity index (χ3v) is 3.59. The van der Waals surface area contributed by atoms with E-state index in [2.05, 4.69) is 17.2 Å². The Kier molecular flexibility index (Phi) is 3.67. The molecular weight excluding hydrogens is 282 g/mol. The summed E-state index contributed by atoms with van der Waals surface area (Å²) < 4.78 is 0. The fourth-order valence-electron chi connectivity index (χ4n) is 2.37. The SMILES string of the molecule is CCNc1cc(-c2ccc(N)cc2)c2cc(Cl)ccc2n1. The van der Waals surface area contributed by atoms with Crippen molar-refractivity contribution in [3.05, 3.63) is 53.6 Å². The quantitative estimate of drug-likeness (QED) is 0.696. The molecule has 3 aromatic rings. The largest absolute Gasteiger partial charge is 0.399 e. The molecule has 1 heterocycles. The van der Waals surface area contributed by atoms with Gasteiger partial charge in [0.15, 0.2) is 0 Å². The highest BCUT2D eigenvalue weighted by Gasteiger charge is 2.08. The zero-order valence-corrected chi connectivity index (χ0v) is 12.5. The normalized spacial score (nSPS) is 10.8. The predicted molar refractivity (Wildman–Crippen MR) is 90.8 cm³/mol. The molecular formula is C17H16ClN3.